The normalized spacial score (nSPS) is 14.0. The van der Waals surface area contributed by atoms with E-state index in [0.29, 0.717) is 24.7 Å². The molecule has 2 heterocycles. The van der Waals surface area contributed by atoms with E-state index in [4.69, 9.17) is 9.47 Å². The highest BCUT2D eigenvalue weighted by Gasteiger charge is 2.20. The third-order valence-electron chi connectivity index (χ3n) is 4.81. The molecule has 0 saturated heterocycles. The first kappa shape index (κ1) is 17.1. The van der Waals surface area contributed by atoms with Crippen LogP contribution in [0.15, 0.2) is 36.4 Å². The van der Waals surface area contributed by atoms with Crippen LogP contribution in [0.25, 0.3) is 11.0 Å². The van der Waals surface area contributed by atoms with Gasteiger partial charge in [0, 0.05) is 19.8 Å². The Morgan fingerprint density at radius 1 is 1.19 bits per heavy atom. The maximum absolute atomic E-state index is 12.7. The maximum Gasteiger partial charge on any atom is 0.322 e. The van der Waals surface area contributed by atoms with Gasteiger partial charge in [-0.2, -0.15) is 0 Å². The summed E-state index contributed by atoms with van der Waals surface area (Å²) in [6.45, 7) is 3.06. The number of amides is 2. The summed E-state index contributed by atoms with van der Waals surface area (Å²) in [6.07, 6.45) is 0. The van der Waals surface area contributed by atoms with Gasteiger partial charge in [0.25, 0.3) is 0 Å². The van der Waals surface area contributed by atoms with E-state index in [1.807, 2.05) is 50.4 Å². The number of benzene rings is 2. The SMILES string of the molecule is C[C@@H](c1ccc2c(c1)OCCO2)N(C)C(=O)Nc1ccc2c(c1)nnn2C. The van der Waals surface area contributed by atoms with Gasteiger partial charge in [-0.15, -0.1) is 5.10 Å². The van der Waals surface area contributed by atoms with Crippen molar-refractivity contribution in [2.45, 2.75) is 13.0 Å². The molecule has 0 fully saturated rings. The summed E-state index contributed by atoms with van der Waals surface area (Å²) < 4.78 is 12.9. The number of aromatic nitrogens is 3. The predicted octanol–water partition coefficient (Wildman–Crippen LogP) is 2.96. The number of hydrogen-bond donors (Lipinski definition) is 1. The Bertz CT molecular complexity index is 1000. The summed E-state index contributed by atoms with van der Waals surface area (Å²) >= 11 is 0. The molecule has 0 unspecified atom stereocenters. The highest BCUT2D eigenvalue weighted by molar-refractivity contribution is 5.92. The van der Waals surface area contributed by atoms with Crippen molar-refractivity contribution in [3.8, 4) is 11.5 Å². The molecule has 0 aliphatic carbocycles. The molecule has 8 heteroatoms. The highest BCUT2D eigenvalue weighted by Crippen LogP contribution is 2.33. The van der Waals surface area contributed by atoms with Crippen LogP contribution in [0.5, 0.6) is 11.5 Å². The molecule has 1 aliphatic heterocycles. The zero-order chi connectivity index (χ0) is 19.0. The Hall–Kier alpha value is -3.29. The average molecular weight is 367 g/mol. The van der Waals surface area contributed by atoms with Crippen LogP contribution in [0.3, 0.4) is 0 Å². The van der Waals surface area contributed by atoms with E-state index in [-0.39, 0.29) is 12.1 Å². The zero-order valence-electron chi connectivity index (χ0n) is 15.5. The van der Waals surface area contributed by atoms with Gasteiger partial charge in [-0.3, -0.25) is 0 Å². The highest BCUT2D eigenvalue weighted by atomic mass is 16.6. The topological polar surface area (TPSA) is 81.5 Å². The van der Waals surface area contributed by atoms with Crippen molar-refractivity contribution < 1.29 is 14.3 Å². The fourth-order valence-corrected chi connectivity index (χ4v) is 3.05. The van der Waals surface area contributed by atoms with Crippen molar-refractivity contribution in [3.05, 3.63) is 42.0 Å². The predicted molar refractivity (Wildman–Crippen MR) is 101 cm³/mol. The molecule has 0 spiro atoms. The molecular formula is C19H21N5O3. The van der Waals surface area contributed by atoms with Gasteiger partial charge >= 0.3 is 6.03 Å². The van der Waals surface area contributed by atoms with Crippen LogP contribution in [0, 0.1) is 0 Å². The van der Waals surface area contributed by atoms with E-state index in [1.54, 1.807) is 16.6 Å². The molecule has 0 radical (unpaired) electrons. The smallest absolute Gasteiger partial charge is 0.322 e. The lowest BCUT2D eigenvalue weighted by Gasteiger charge is -2.27. The minimum Gasteiger partial charge on any atom is -0.486 e. The van der Waals surface area contributed by atoms with Crippen molar-refractivity contribution in [2.75, 3.05) is 25.6 Å². The second-order valence-corrected chi connectivity index (χ2v) is 6.54. The van der Waals surface area contributed by atoms with Gasteiger partial charge in [0.1, 0.15) is 18.7 Å². The lowest BCUT2D eigenvalue weighted by Crippen LogP contribution is -2.33. The minimum atomic E-state index is -0.208. The molecule has 0 saturated carbocycles. The minimum absolute atomic E-state index is 0.138. The van der Waals surface area contributed by atoms with Gasteiger partial charge in [0.2, 0.25) is 0 Å². The number of urea groups is 1. The Balaban J connectivity index is 1.49. The van der Waals surface area contributed by atoms with Crippen molar-refractivity contribution in [2.24, 2.45) is 7.05 Å². The number of fused-ring (bicyclic) bond motifs is 2. The van der Waals surface area contributed by atoms with Gasteiger partial charge in [-0.05, 0) is 42.8 Å². The fourth-order valence-electron chi connectivity index (χ4n) is 3.05. The maximum atomic E-state index is 12.7. The Morgan fingerprint density at radius 2 is 1.96 bits per heavy atom. The summed E-state index contributed by atoms with van der Waals surface area (Å²) in [4.78, 5) is 14.3. The lowest BCUT2D eigenvalue weighted by atomic mass is 10.1. The Kier molecular flexibility index (Phi) is 4.31. The molecule has 2 amide bonds. The standard InChI is InChI=1S/C19H21N5O3/c1-12(13-4-7-17-18(10-13)27-9-8-26-17)23(2)19(25)20-14-5-6-16-15(11-14)21-22-24(16)3/h4-7,10-12H,8-9H2,1-3H3,(H,20,25)/t12-/m0/s1. The molecule has 1 atom stereocenters. The van der Waals surface area contributed by atoms with Gasteiger partial charge < -0.3 is 19.7 Å². The molecule has 0 bridgehead atoms. The van der Waals surface area contributed by atoms with E-state index >= 15 is 0 Å². The monoisotopic (exact) mass is 367 g/mol. The summed E-state index contributed by atoms with van der Waals surface area (Å²) in [5.41, 5.74) is 3.29. The first-order valence-corrected chi connectivity index (χ1v) is 8.76. The van der Waals surface area contributed by atoms with Gasteiger partial charge in [-0.25, -0.2) is 9.48 Å². The average Bonchev–Trinajstić information content (AvgIpc) is 3.06. The summed E-state index contributed by atoms with van der Waals surface area (Å²) in [6, 6.07) is 10.9. The number of nitrogens with zero attached hydrogens (tertiary/aromatic N) is 4. The molecule has 3 aromatic rings. The van der Waals surface area contributed by atoms with Crippen molar-refractivity contribution in [3.63, 3.8) is 0 Å². The van der Waals surface area contributed by atoms with E-state index in [1.165, 1.54) is 0 Å². The first-order chi connectivity index (χ1) is 13.0. The Morgan fingerprint density at radius 3 is 2.78 bits per heavy atom. The molecule has 140 valence electrons. The van der Waals surface area contributed by atoms with Crippen molar-refractivity contribution in [1.82, 2.24) is 19.9 Å². The number of aryl methyl sites for hydroxylation is 1. The summed E-state index contributed by atoms with van der Waals surface area (Å²) in [5.74, 6) is 1.45. The molecular weight excluding hydrogens is 346 g/mol. The molecule has 27 heavy (non-hydrogen) atoms. The molecule has 4 rings (SSSR count). The van der Waals surface area contributed by atoms with Gasteiger partial charge in [-0.1, -0.05) is 11.3 Å². The van der Waals surface area contributed by atoms with Crippen LogP contribution < -0.4 is 14.8 Å². The molecule has 1 aromatic heterocycles. The Labute approximate surface area is 156 Å². The second kappa shape index (κ2) is 6.79. The van der Waals surface area contributed by atoms with Crippen LogP contribution in [0.4, 0.5) is 10.5 Å². The summed E-state index contributed by atoms with van der Waals surface area (Å²) in [7, 11) is 3.59. The quantitative estimate of drug-likeness (QED) is 0.770. The summed E-state index contributed by atoms with van der Waals surface area (Å²) in [5, 5.41) is 11.0. The van der Waals surface area contributed by atoms with Crippen molar-refractivity contribution >= 4 is 22.8 Å². The lowest BCUT2D eigenvalue weighted by molar-refractivity contribution is 0.170. The number of carbonyl (C=O) groups excluding carboxylic acids is 1. The van der Waals surface area contributed by atoms with E-state index in [2.05, 4.69) is 15.6 Å². The number of rotatable bonds is 3. The first-order valence-electron chi connectivity index (χ1n) is 8.76. The molecule has 1 aliphatic rings. The van der Waals surface area contributed by atoms with E-state index in [9.17, 15) is 4.79 Å². The fraction of sp³-hybridized carbons (Fsp3) is 0.316. The number of anilines is 1. The number of carbonyl (C=O) groups is 1. The number of hydrogen-bond acceptors (Lipinski definition) is 5. The molecule has 1 N–H and O–H groups in total. The van der Waals surface area contributed by atoms with Crippen LogP contribution in [0.1, 0.15) is 18.5 Å². The number of nitrogens with one attached hydrogen (secondary N) is 1. The van der Waals surface area contributed by atoms with E-state index < -0.39 is 0 Å². The van der Waals surface area contributed by atoms with Crippen LogP contribution in [-0.4, -0.2) is 46.2 Å². The van der Waals surface area contributed by atoms with Gasteiger partial charge in [0.15, 0.2) is 11.5 Å². The third-order valence-corrected chi connectivity index (χ3v) is 4.81. The van der Waals surface area contributed by atoms with Crippen molar-refractivity contribution in [1.29, 1.82) is 0 Å². The zero-order valence-corrected chi connectivity index (χ0v) is 15.5. The largest absolute Gasteiger partial charge is 0.486 e. The van der Waals surface area contributed by atoms with Gasteiger partial charge in [0.05, 0.1) is 11.6 Å². The third kappa shape index (κ3) is 3.25. The number of ether oxygens (including phenoxy) is 2. The second-order valence-electron chi connectivity index (χ2n) is 6.54. The molecule has 8 nitrogen and oxygen atoms in total. The molecule has 2 aromatic carbocycles. The van der Waals surface area contributed by atoms with Crippen LogP contribution in [0.2, 0.25) is 0 Å². The van der Waals surface area contributed by atoms with E-state index in [0.717, 1.165) is 22.3 Å². The van der Waals surface area contributed by atoms with Crippen LogP contribution >= 0.6 is 0 Å². The van der Waals surface area contributed by atoms with Crippen LogP contribution in [-0.2, 0) is 7.05 Å².